The molecule has 0 spiro atoms. The molecule has 1 N–H and O–H groups in total. The third-order valence-electron chi connectivity index (χ3n) is 4.11. The van der Waals surface area contributed by atoms with E-state index in [1.807, 2.05) is 30.3 Å². The van der Waals surface area contributed by atoms with Gasteiger partial charge in [-0.1, -0.05) is 39.0 Å². The van der Waals surface area contributed by atoms with Crippen LogP contribution < -0.4 is 14.8 Å². The van der Waals surface area contributed by atoms with Crippen LogP contribution in [0.4, 0.5) is 5.69 Å². The fraction of sp³-hybridized carbons (Fsp3) is 0.350. The molecule has 0 aromatic heterocycles. The molecule has 4 heteroatoms. The summed E-state index contributed by atoms with van der Waals surface area (Å²) < 4.78 is 10.6. The van der Waals surface area contributed by atoms with E-state index in [2.05, 4.69) is 38.2 Å². The topological polar surface area (TPSA) is 47.6 Å². The first kappa shape index (κ1) is 16.4. The lowest BCUT2D eigenvalue weighted by Gasteiger charge is -2.19. The quantitative estimate of drug-likeness (QED) is 0.912. The molecule has 4 nitrogen and oxygen atoms in total. The maximum absolute atomic E-state index is 12.1. The number of rotatable bonds is 4. The summed E-state index contributed by atoms with van der Waals surface area (Å²) in [4.78, 5) is 12.1. The Labute approximate surface area is 142 Å². The predicted molar refractivity (Wildman–Crippen MR) is 94.7 cm³/mol. The van der Waals surface area contributed by atoms with Gasteiger partial charge < -0.3 is 14.8 Å². The SMILES string of the molecule is CC(C)(C)c1ccc(NC(=O)CCc2ccc3c(c2)OCO3)cc1. The van der Waals surface area contributed by atoms with Crippen molar-refractivity contribution < 1.29 is 14.3 Å². The number of fused-ring (bicyclic) bond motifs is 1. The summed E-state index contributed by atoms with van der Waals surface area (Å²) in [5.41, 5.74) is 3.26. The highest BCUT2D eigenvalue weighted by Crippen LogP contribution is 2.32. The molecule has 0 saturated carbocycles. The first-order valence-corrected chi connectivity index (χ1v) is 8.21. The highest BCUT2D eigenvalue weighted by molar-refractivity contribution is 5.90. The Balaban J connectivity index is 1.54. The first-order chi connectivity index (χ1) is 11.4. The summed E-state index contributed by atoms with van der Waals surface area (Å²) in [6.45, 7) is 6.79. The summed E-state index contributed by atoms with van der Waals surface area (Å²) >= 11 is 0. The van der Waals surface area contributed by atoms with Crippen LogP contribution in [-0.4, -0.2) is 12.7 Å². The van der Waals surface area contributed by atoms with E-state index in [1.165, 1.54) is 5.56 Å². The molecular weight excluding hydrogens is 302 g/mol. The average molecular weight is 325 g/mol. The van der Waals surface area contributed by atoms with Gasteiger partial charge in [0.05, 0.1) is 0 Å². The lowest BCUT2D eigenvalue weighted by Crippen LogP contribution is -2.14. The zero-order valence-electron chi connectivity index (χ0n) is 14.4. The number of nitrogens with one attached hydrogen (secondary N) is 1. The van der Waals surface area contributed by atoms with Crippen molar-refractivity contribution in [3.63, 3.8) is 0 Å². The standard InChI is InChI=1S/C20H23NO3/c1-20(2,3)15-6-8-16(9-7-15)21-19(22)11-5-14-4-10-17-18(12-14)24-13-23-17/h4,6-10,12H,5,11,13H2,1-3H3,(H,21,22). The molecule has 1 aliphatic rings. The molecule has 3 rings (SSSR count). The van der Waals surface area contributed by atoms with Crippen LogP contribution in [0.15, 0.2) is 42.5 Å². The van der Waals surface area contributed by atoms with Gasteiger partial charge in [-0.3, -0.25) is 4.79 Å². The Morgan fingerprint density at radius 2 is 1.75 bits per heavy atom. The van der Waals surface area contributed by atoms with Crippen LogP contribution >= 0.6 is 0 Å². The second kappa shape index (κ2) is 6.56. The van der Waals surface area contributed by atoms with Gasteiger partial charge in [-0.25, -0.2) is 0 Å². The number of carbonyl (C=O) groups is 1. The Kier molecular flexibility index (Phi) is 4.47. The Bertz CT molecular complexity index is 730. The molecule has 0 atom stereocenters. The van der Waals surface area contributed by atoms with E-state index in [0.717, 1.165) is 22.7 Å². The van der Waals surface area contributed by atoms with Crippen LogP contribution in [0.25, 0.3) is 0 Å². The predicted octanol–water partition coefficient (Wildman–Crippen LogP) is 4.28. The van der Waals surface area contributed by atoms with Gasteiger partial charge >= 0.3 is 0 Å². The number of benzene rings is 2. The van der Waals surface area contributed by atoms with E-state index >= 15 is 0 Å². The Hall–Kier alpha value is -2.49. The minimum absolute atomic E-state index is 0.0103. The van der Waals surface area contributed by atoms with Gasteiger partial charge in [0.15, 0.2) is 11.5 Å². The molecule has 1 aliphatic heterocycles. The van der Waals surface area contributed by atoms with Crippen molar-refractivity contribution in [1.29, 1.82) is 0 Å². The van der Waals surface area contributed by atoms with Crippen molar-refractivity contribution in [2.24, 2.45) is 0 Å². The Morgan fingerprint density at radius 3 is 2.46 bits per heavy atom. The lowest BCUT2D eigenvalue weighted by molar-refractivity contribution is -0.116. The molecule has 0 unspecified atom stereocenters. The van der Waals surface area contributed by atoms with Crippen LogP contribution in [0.3, 0.4) is 0 Å². The van der Waals surface area contributed by atoms with Gasteiger partial charge in [-0.05, 0) is 47.2 Å². The molecule has 0 bridgehead atoms. The average Bonchev–Trinajstić information content (AvgIpc) is 3.00. The summed E-state index contributed by atoms with van der Waals surface area (Å²) in [5, 5.41) is 2.95. The third-order valence-corrected chi connectivity index (χ3v) is 4.11. The van der Waals surface area contributed by atoms with Gasteiger partial charge in [0.2, 0.25) is 12.7 Å². The van der Waals surface area contributed by atoms with Crippen molar-refractivity contribution in [3.05, 3.63) is 53.6 Å². The monoisotopic (exact) mass is 325 g/mol. The summed E-state index contributed by atoms with van der Waals surface area (Å²) in [5.74, 6) is 1.53. The largest absolute Gasteiger partial charge is 0.454 e. The fourth-order valence-electron chi connectivity index (χ4n) is 2.63. The maximum atomic E-state index is 12.1. The highest BCUT2D eigenvalue weighted by atomic mass is 16.7. The molecule has 0 aliphatic carbocycles. The normalized spacial score (nSPS) is 13.0. The molecule has 0 fully saturated rings. The first-order valence-electron chi connectivity index (χ1n) is 8.21. The highest BCUT2D eigenvalue weighted by Gasteiger charge is 2.14. The molecule has 1 amide bonds. The second-order valence-corrected chi connectivity index (χ2v) is 7.06. The van der Waals surface area contributed by atoms with Crippen molar-refractivity contribution in [2.45, 2.75) is 39.0 Å². The van der Waals surface area contributed by atoms with Crippen molar-refractivity contribution in [2.75, 3.05) is 12.1 Å². The number of amides is 1. The number of hydrogen-bond donors (Lipinski definition) is 1. The number of ether oxygens (including phenoxy) is 2. The van der Waals surface area contributed by atoms with Gasteiger partial charge in [0.1, 0.15) is 0 Å². The summed E-state index contributed by atoms with van der Waals surface area (Å²) in [7, 11) is 0. The van der Waals surface area contributed by atoms with Gasteiger partial charge in [0.25, 0.3) is 0 Å². The van der Waals surface area contributed by atoms with Gasteiger partial charge in [-0.2, -0.15) is 0 Å². The van der Waals surface area contributed by atoms with Crippen LogP contribution in [0.1, 0.15) is 38.3 Å². The van der Waals surface area contributed by atoms with E-state index in [0.29, 0.717) is 12.8 Å². The number of aryl methyl sites for hydroxylation is 1. The number of anilines is 1. The van der Waals surface area contributed by atoms with Gasteiger partial charge in [0, 0.05) is 12.1 Å². The maximum Gasteiger partial charge on any atom is 0.231 e. The summed E-state index contributed by atoms with van der Waals surface area (Å²) in [6.07, 6.45) is 1.10. The van der Waals surface area contributed by atoms with E-state index in [1.54, 1.807) is 0 Å². The lowest BCUT2D eigenvalue weighted by atomic mass is 9.87. The molecule has 0 saturated heterocycles. The smallest absolute Gasteiger partial charge is 0.231 e. The van der Waals surface area contributed by atoms with Crippen LogP contribution in [0, 0.1) is 0 Å². The van der Waals surface area contributed by atoms with E-state index in [-0.39, 0.29) is 18.1 Å². The minimum atomic E-state index is 0.0103. The van der Waals surface area contributed by atoms with E-state index in [9.17, 15) is 4.79 Å². The van der Waals surface area contributed by atoms with Crippen molar-refractivity contribution in [3.8, 4) is 11.5 Å². The molecule has 2 aromatic rings. The molecule has 2 aromatic carbocycles. The van der Waals surface area contributed by atoms with Crippen LogP contribution in [-0.2, 0) is 16.6 Å². The molecule has 126 valence electrons. The minimum Gasteiger partial charge on any atom is -0.454 e. The van der Waals surface area contributed by atoms with E-state index < -0.39 is 0 Å². The zero-order valence-corrected chi connectivity index (χ0v) is 14.4. The fourth-order valence-corrected chi connectivity index (χ4v) is 2.63. The zero-order chi connectivity index (χ0) is 17.2. The van der Waals surface area contributed by atoms with Crippen molar-refractivity contribution >= 4 is 11.6 Å². The molecule has 24 heavy (non-hydrogen) atoms. The number of hydrogen-bond acceptors (Lipinski definition) is 3. The van der Waals surface area contributed by atoms with Crippen LogP contribution in [0.2, 0.25) is 0 Å². The number of carbonyl (C=O) groups excluding carboxylic acids is 1. The molecule has 1 heterocycles. The van der Waals surface area contributed by atoms with Crippen molar-refractivity contribution in [1.82, 2.24) is 0 Å². The molecule has 0 radical (unpaired) electrons. The molecular formula is C20H23NO3. The van der Waals surface area contributed by atoms with Gasteiger partial charge in [-0.15, -0.1) is 0 Å². The summed E-state index contributed by atoms with van der Waals surface area (Å²) in [6, 6.07) is 13.8. The third kappa shape index (κ3) is 3.88. The van der Waals surface area contributed by atoms with Crippen LogP contribution in [0.5, 0.6) is 11.5 Å². The van der Waals surface area contributed by atoms with E-state index in [4.69, 9.17) is 9.47 Å². The Morgan fingerprint density at radius 1 is 1.04 bits per heavy atom. The second-order valence-electron chi connectivity index (χ2n) is 7.06.